The fraction of sp³-hybridized carbons (Fsp3) is 0.481. The van der Waals surface area contributed by atoms with E-state index in [0.29, 0.717) is 5.41 Å². The molecule has 0 radical (unpaired) electrons. The van der Waals surface area contributed by atoms with Gasteiger partial charge in [-0.05, 0) is 87.2 Å². The van der Waals surface area contributed by atoms with Crippen molar-refractivity contribution in [1.29, 1.82) is 0 Å². The van der Waals surface area contributed by atoms with Crippen molar-refractivity contribution in [2.24, 2.45) is 11.3 Å². The van der Waals surface area contributed by atoms with E-state index in [1.54, 1.807) is 0 Å². The topological polar surface area (TPSA) is 29.0 Å². The Morgan fingerprint density at radius 3 is 2.71 bits per heavy atom. The molecular formula is C27H32FN3. The van der Waals surface area contributed by atoms with Crippen molar-refractivity contribution in [3.05, 3.63) is 71.9 Å². The van der Waals surface area contributed by atoms with E-state index in [0.717, 1.165) is 43.1 Å². The average molecular weight is 418 g/mol. The molecule has 31 heavy (non-hydrogen) atoms. The van der Waals surface area contributed by atoms with Crippen LogP contribution < -0.4 is 0 Å². The summed E-state index contributed by atoms with van der Waals surface area (Å²) in [6.45, 7) is 6.91. The predicted molar refractivity (Wildman–Crippen MR) is 123 cm³/mol. The zero-order valence-corrected chi connectivity index (χ0v) is 18.6. The lowest BCUT2D eigenvalue weighted by Crippen LogP contribution is -2.41. The highest BCUT2D eigenvalue weighted by atomic mass is 19.1. The van der Waals surface area contributed by atoms with E-state index in [-0.39, 0.29) is 11.4 Å². The molecule has 0 bridgehead atoms. The van der Waals surface area contributed by atoms with Crippen LogP contribution in [0.4, 0.5) is 4.39 Å². The molecule has 4 heteroatoms. The fourth-order valence-corrected chi connectivity index (χ4v) is 5.36. The van der Waals surface area contributed by atoms with E-state index in [1.165, 1.54) is 48.9 Å². The predicted octanol–water partition coefficient (Wildman–Crippen LogP) is 6.13. The maximum Gasteiger partial charge on any atom is 0.141 e. The first-order chi connectivity index (χ1) is 14.9. The standard InChI is InChI=1S/C27H32FN3/c1-26(2,22-15-21-5-3-4-6-25(21)30-17-22)31-14-13-27(19-31,16-20-7-8-20)12-11-24-10-9-23(28)18-29-24/h3-6,9-10,15,17-18,20H,7-8,11-14,16,19H2,1-2H3/t27-/m0/s1. The van der Waals surface area contributed by atoms with Gasteiger partial charge in [-0.15, -0.1) is 0 Å². The van der Waals surface area contributed by atoms with E-state index in [9.17, 15) is 4.39 Å². The summed E-state index contributed by atoms with van der Waals surface area (Å²) in [5.41, 5.74) is 3.62. The zero-order chi connectivity index (χ0) is 21.5. The molecule has 0 spiro atoms. The number of rotatable bonds is 7. The van der Waals surface area contributed by atoms with Crippen LogP contribution in [0.3, 0.4) is 0 Å². The number of para-hydroxylation sites is 1. The van der Waals surface area contributed by atoms with E-state index in [4.69, 9.17) is 4.98 Å². The molecule has 2 fully saturated rings. The lowest BCUT2D eigenvalue weighted by Gasteiger charge is -2.38. The van der Waals surface area contributed by atoms with Gasteiger partial charge in [0.2, 0.25) is 0 Å². The second-order valence-corrected chi connectivity index (χ2v) is 10.3. The molecule has 5 rings (SSSR count). The highest BCUT2D eigenvalue weighted by molar-refractivity contribution is 5.78. The number of likely N-dealkylation sites (tertiary alicyclic amines) is 1. The van der Waals surface area contributed by atoms with Crippen molar-refractivity contribution in [2.75, 3.05) is 13.1 Å². The van der Waals surface area contributed by atoms with Crippen LogP contribution in [0.25, 0.3) is 10.9 Å². The molecule has 162 valence electrons. The quantitative estimate of drug-likeness (QED) is 0.463. The van der Waals surface area contributed by atoms with E-state index in [2.05, 4.69) is 54.2 Å². The second-order valence-electron chi connectivity index (χ2n) is 10.3. The maximum absolute atomic E-state index is 13.3. The van der Waals surface area contributed by atoms with Crippen molar-refractivity contribution < 1.29 is 4.39 Å². The summed E-state index contributed by atoms with van der Waals surface area (Å²) in [6.07, 6.45) is 10.8. The number of benzene rings is 1. The summed E-state index contributed by atoms with van der Waals surface area (Å²) in [6, 6.07) is 14.0. The Bertz CT molecular complexity index is 1060. The molecule has 0 amide bonds. The van der Waals surface area contributed by atoms with Gasteiger partial charge >= 0.3 is 0 Å². The molecule has 3 heterocycles. The molecule has 2 aromatic heterocycles. The lowest BCUT2D eigenvalue weighted by molar-refractivity contribution is 0.121. The van der Waals surface area contributed by atoms with Crippen LogP contribution >= 0.6 is 0 Å². The third-order valence-corrected chi connectivity index (χ3v) is 7.64. The van der Waals surface area contributed by atoms with Gasteiger partial charge in [-0.3, -0.25) is 14.9 Å². The lowest BCUT2D eigenvalue weighted by atomic mass is 9.77. The zero-order valence-electron chi connectivity index (χ0n) is 18.6. The van der Waals surface area contributed by atoms with Gasteiger partial charge in [0.1, 0.15) is 5.82 Å². The molecule has 2 aliphatic rings. The Hall–Kier alpha value is -2.33. The van der Waals surface area contributed by atoms with E-state index >= 15 is 0 Å². The summed E-state index contributed by atoms with van der Waals surface area (Å²) in [5.74, 6) is 0.640. The number of nitrogens with zero attached hydrogens (tertiary/aromatic N) is 3. The normalized spacial score (nSPS) is 22.3. The minimum atomic E-state index is -0.255. The Morgan fingerprint density at radius 2 is 1.94 bits per heavy atom. The van der Waals surface area contributed by atoms with Gasteiger partial charge in [-0.2, -0.15) is 0 Å². The number of aryl methyl sites for hydroxylation is 1. The summed E-state index contributed by atoms with van der Waals surface area (Å²) >= 11 is 0. The van der Waals surface area contributed by atoms with Crippen LogP contribution in [0, 0.1) is 17.2 Å². The molecule has 1 atom stereocenters. The summed E-state index contributed by atoms with van der Waals surface area (Å²) < 4.78 is 13.3. The van der Waals surface area contributed by atoms with Gasteiger partial charge in [0, 0.05) is 29.4 Å². The van der Waals surface area contributed by atoms with Crippen molar-refractivity contribution in [3.63, 3.8) is 0 Å². The van der Waals surface area contributed by atoms with Gasteiger partial charge in [0.25, 0.3) is 0 Å². The van der Waals surface area contributed by atoms with Gasteiger partial charge in [-0.25, -0.2) is 4.39 Å². The largest absolute Gasteiger partial charge is 0.294 e. The first-order valence-corrected chi connectivity index (χ1v) is 11.6. The van der Waals surface area contributed by atoms with Gasteiger partial charge < -0.3 is 0 Å². The fourth-order valence-electron chi connectivity index (χ4n) is 5.36. The van der Waals surface area contributed by atoms with Crippen molar-refractivity contribution in [3.8, 4) is 0 Å². The van der Waals surface area contributed by atoms with E-state index < -0.39 is 0 Å². The van der Waals surface area contributed by atoms with Crippen LogP contribution in [-0.2, 0) is 12.0 Å². The summed E-state index contributed by atoms with van der Waals surface area (Å²) in [4.78, 5) is 11.7. The van der Waals surface area contributed by atoms with Crippen molar-refractivity contribution in [2.45, 2.75) is 57.9 Å². The van der Waals surface area contributed by atoms with Crippen LogP contribution in [0.2, 0.25) is 0 Å². The second kappa shape index (κ2) is 7.98. The number of halogens is 1. The van der Waals surface area contributed by atoms with Gasteiger partial charge in [-0.1, -0.05) is 31.0 Å². The summed E-state index contributed by atoms with van der Waals surface area (Å²) in [7, 11) is 0. The molecule has 0 N–H and O–H groups in total. The first-order valence-electron chi connectivity index (χ1n) is 11.6. The Labute approximate surface area is 184 Å². The minimum Gasteiger partial charge on any atom is -0.294 e. The van der Waals surface area contributed by atoms with Crippen LogP contribution in [0.5, 0.6) is 0 Å². The minimum absolute atomic E-state index is 0.0591. The average Bonchev–Trinajstić information content (AvgIpc) is 3.49. The summed E-state index contributed by atoms with van der Waals surface area (Å²) in [5, 5.41) is 1.21. The highest BCUT2D eigenvalue weighted by Crippen LogP contribution is 2.49. The molecule has 1 aromatic carbocycles. The number of fused-ring (bicyclic) bond motifs is 1. The van der Waals surface area contributed by atoms with Gasteiger partial charge in [0.05, 0.1) is 11.7 Å². The third-order valence-electron chi connectivity index (χ3n) is 7.64. The Morgan fingerprint density at radius 1 is 1.10 bits per heavy atom. The first kappa shape index (κ1) is 20.6. The van der Waals surface area contributed by atoms with E-state index in [1.807, 2.05) is 12.1 Å². The van der Waals surface area contributed by atoms with Gasteiger partial charge in [0.15, 0.2) is 0 Å². The Balaban J connectivity index is 1.35. The highest BCUT2D eigenvalue weighted by Gasteiger charge is 2.45. The van der Waals surface area contributed by atoms with Crippen molar-refractivity contribution >= 4 is 10.9 Å². The number of hydrogen-bond donors (Lipinski definition) is 0. The van der Waals surface area contributed by atoms with Crippen LogP contribution in [0.1, 0.15) is 57.2 Å². The number of aromatic nitrogens is 2. The maximum atomic E-state index is 13.3. The number of pyridine rings is 2. The smallest absolute Gasteiger partial charge is 0.141 e. The molecule has 1 saturated heterocycles. The molecule has 1 saturated carbocycles. The van der Waals surface area contributed by atoms with Crippen LogP contribution in [0.15, 0.2) is 54.9 Å². The number of hydrogen-bond acceptors (Lipinski definition) is 3. The van der Waals surface area contributed by atoms with Crippen LogP contribution in [-0.4, -0.2) is 28.0 Å². The third kappa shape index (κ3) is 4.36. The Kier molecular flexibility index (Phi) is 5.29. The van der Waals surface area contributed by atoms with Crippen molar-refractivity contribution in [1.82, 2.24) is 14.9 Å². The molecule has 1 aliphatic heterocycles. The molecular weight excluding hydrogens is 385 g/mol. The molecule has 3 aromatic rings. The monoisotopic (exact) mass is 417 g/mol. The molecule has 1 aliphatic carbocycles. The molecule has 3 nitrogen and oxygen atoms in total. The molecule has 0 unspecified atom stereocenters. The SMILES string of the molecule is CC(C)(c1cnc2ccccc2c1)N1CC[C@@](CCc2ccc(F)cn2)(CC2CC2)C1.